The van der Waals surface area contributed by atoms with E-state index in [0.29, 0.717) is 83.7 Å². The van der Waals surface area contributed by atoms with Gasteiger partial charge in [-0.3, -0.25) is 14.4 Å². The van der Waals surface area contributed by atoms with Gasteiger partial charge >= 0.3 is 0 Å². The molecule has 2 fully saturated rings. The van der Waals surface area contributed by atoms with Crippen LogP contribution < -0.4 is 20.9 Å². The number of aromatic nitrogens is 5. The average molecular weight is 633 g/mol. The van der Waals surface area contributed by atoms with Crippen molar-refractivity contribution >= 4 is 36.4 Å². The topological polar surface area (TPSA) is 173 Å². The molecule has 2 aromatic rings. The van der Waals surface area contributed by atoms with Gasteiger partial charge in [0.05, 0.1) is 18.8 Å². The predicted molar refractivity (Wildman–Crippen MR) is 165 cm³/mol. The van der Waals surface area contributed by atoms with Gasteiger partial charge in [-0.15, -0.1) is 0 Å². The highest BCUT2D eigenvalue weighted by atomic mass is 19.3. The summed E-state index contributed by atoms with van der Waals surface area (Å²) >= 11 is 0. The fourth-order valence-corrected chi connectivity index (χ4v) is 4.89. The number of anilines is 3. The monoisotopic (exact) mass is 632 g/mol. The molecule has 4 rings (SSSR count). The molecular weight excluding hydrogens is 590 g/mol. The number of morpholine rings is 1. The number of rotatable bonds is 15. The minimum absolute atomic E-state index is 0.00290. The van der Waals surface area contributed by atoms with Crippen molar-refractivity contribution in [2.75, 3.05) is 74.6 Å². The van der Waals surface area contributed by atoms with Gasteiger partial charge in [0.25, 0.3) is 6.43 Å². The Labute approximate surface area is 261 Å². The number of alkyl halides is 2. The number of carbonyl (C=O) groups is 3. The largest absolute Gasteiger partial charge is 0.378 e. The van der Waals surface area contributed by atoms with Crippen molar-refractivity contribution in [1.82, 2.24) is 35.1 Å². The van der Waals surface area contributed by atoms with E-state index in [1.165, 1.54) is 6.20 Å². The van der Waals surface area contributed by atoms with Gasteiger partial charge in [0, 0.05) is 58.4 Å². The Hall–Kier alpha value is -4.34. The van der Waals surface area contributed by atoms with Crippen molar-refractivity contribution in [3.8, 4) is 11.4 Å². The molecule has 1 atom stereocenters. The van der Waals surface area contributed by atoms with Gasteiger partial charge in [-0.25, -0.2) is 18.7 Å². The van der Waals surface area contributed by atoms with E-state index in [4.69, 9.17) is 10.5 Å². The molecule has 16 heteroatoms. The van der Waals surface area contributed by atoms with Crippen LogP contribution in [0.2, 0.25) is 0 Å². The zero-order valence-corrected chi connectivity index (χ0v) is 25.8. The lowest BCUT2D eigenvalue weighted by atomic mass is 10.0. The standard InChI is InChI=1S/C22H30F2N10O3.C7H12O/c23-18(24)17-16(11-27-20(25)28-17)19-29-21(31-22(30-19)34-7-9-37-10-8-34)33(6-3-26-13-35)5-2-15-1-4-32(12-15)14-36;1-3-5-7(8)6-4-2/h11,13-15,18H,1-10,12H2,(H,26,35)(H2,25,27,28);3,5H,4,6H2,1-2H3/b;5-3+. The molecule has 4 heterocycles. The minimum Gasteiger partial charge on any atom is -0.378 e. The van der Waals surface area contributed by atoms with Crippen molar-refractivity contribution in [1.29, 1.82) is 0 Å². The fraction of sp³-hybridized carbons (Fsp3) is 0.586. The molecule has 1 unspecified atom stereocenters. The Morgan fingerprint density at radius 3 is 2.60 bits per heavy atom. The first-order chi connectivity index (χ1) is 21.8. The number of halogens is 2. The van der Waals surface area contributed by atoms with Crippen LogP contribution in [0.5, 0.6) is 0 Å². The maximum absolute atomic E-state index is 13.8. The van der Waals surface area contributed by atoms with E-state index in [1.54, 1.807) is 17.1 Å². The third kappa shape index (κ3) is 11.0. The lowest BCUT2D eigenvalue weighted by Crippen LogP contribution is -2.39. The first kappa shape index (κ1) is 35.1. The molecule has 2 aliphatic rings. The number of nitrogens with two attached hydrogens (primary N) is 1. The second-order valence-corrected chi connectivity index (χ2v) is 10.5. The number of likely N-dealkylation sites (tertiary alicyclic amines) is 1. The maximum Gasteiger partial charge on any atom is 0.281 e. The molecule has 0 spiro atoms. The van der Waals surface area contributed by atoms with Crippen molar-refractivity contribution in [2.45, 2.75) is 46.0 Å². The normalized spacial score (nSPS) is 16.4. The Morgan fingerprint density at radius 2 is 1.96 bits per heavy atom. The quantitative estimate of drug-likeness (QED) is 0.166. The predicted octanol–water partition coefficient (Wildman–Crippen LogP) is 2.04. The Balaban J connectivity index is 0.000000610. The zero-order chi connectivity index (χ0) is 32.6. The van der Waals surface area contributed by atoms with E-state index >= 15 is 0 Å². The minimum atomic E-state index is -2.91. The number of ketones is 1. The third-order valence-corrected chi connectivity index (χ3v) is 7.21. The molecule has 3 N–H and O–H groups in total. The van der Waals surface area contributed by atoms with Crippen molar-refractivity contribution in [3.63, 3.8) is 0 Å². The lowest BCUT2D eigenvalue weighted by molar-refractivity contribution is -0.117. The molecule has 2 aliphatic heterocycles. The molecule has 2 aromatic heterocycles. The highest BCUT2D eigenvalue weighted by molar-refractivity contribution is 5.89. The van der Waals surface area contributed by atoms with Crippen LogP contribution in [-0.4, -0.2) is 107 Å². The number of amides is 2. The van der Waals surface area contributed by atoms with Crippen LogP contribution in [0.25, 0.3) is 11.4 Å². The number of allylic oxidation sites excluding steroid dienone is 2. The van der Waals surface area contributed by atoms with Gasteiger partial charge < -0.3 is 30.5 Å². The number of carbonyl (C=O) groups excluding carboxylic acids is 3. The van der Waals surface area contributed by atoms with Crippen LogP contribution in [0, 0.1) is 5.92 Å². The van der Waals surface area contributed by atoms with Gasteiger partial charge in [-0.2, -0.15) is 15.0 Å². The number of hydrogen-bond donors (Lipinski definition) is 2. The summed E-state index contributed by atoms with van der Waals surface area (Å²) in [7, 11) is 0. The molecule has 0 radical (unpaired) electrons. The van der Waals surface area contributed by atoms with Crippen molar-refractivity contribution in [3.05, 3.63) is 24.0 Å². The first-order valence-electron chi connectivity index (χ1n) is 15.1. The summed E-state index contributed by atoms with van der Waals surface area (Å²) in [4.78, 5) is 59.3. The van der Waals surface area contributed by atoms with Gasteiger partial charge in [-0.1, -0.05) is 13.0 Å². The molecule has 0 aromatic carbocycles. The average Bonchev–Trinajstić information content (AvgIpc) is 3.51. The van der Waals surface area contributed by atoms with Crippen LogP contribution in [0.4, 0.5) is 26.6 Å². The summed E-state index contributed by atoms with van der Waals surface area (Å²) in [5.41, 5.74) is 4.96. The summed E-state index contributed by atoms with van der Waals surface area (Å²) in [6.07, 6.45) is 6.41. The van der Waals surface area contributed by atoms with Crippen LogP contribution >= 0.6 is 0 Å². The summed E-state index contributed by atoms with van der Waals surface area (Å²) in [6.45, 7) is 8.50. The third-order valence-electron chi connectivity index (χ3n) is 7.21. The van der Waals surface area contributed by atoms with Gasteiger partial charge in [-0.05, 0) is 38.2 Å². The zero-order valence-electron chi connectivity index (χ0n) is 25.8. The lowest BCUT2D eigenvalue weighted by Gasteiger charge is -2.29. The van der Waals surface area contributed by atoms with E-state index in [-0.39, 0.29) is 29.1 Å². The van der Waals surface area contributed by atoms with E-state index in [9.17, 15) is 23.2 Å². The van der Waals surface area contributed by atoms with Crippen LogP contribution in [0.1, 0.15) is 51.7 Å². The molecule has 45 heavy (non-hydrogen) atoms. The molecular formula is C29H42F2N10O4. The molecule has 246 valence electrons. The van der Waals surface area contributed by atoms with Crippen LogP contribution in [0.3, 0.4) is 0 Å². The second kappa shape index (κ2) is 18.5. The van der Waals surface area contributed by atoms with Crippen molar-refractivity contribution < 1.29 is 27.9 Å². The van der Waals surface area contributed by atoms with E-state index in [1.807, 2.05) is 23.6 Å². The number of ether oxygens (including phenoxy) is 1. The number of hydrogen-bond acceptors (Lipinski definition) is 12. The molecule has 14 nitrogen and oxygen atoms in total. The Kier molecular flexibility index (Phi) is 14.4. The van der Waals surface area contributed by atoms with E-state index in [0.717, 1.165) is 25.7 Å². The molecule has 0 aliphatic carbocycles. The highest BCUT2D eigenvalue weighted by Crippen LogP contribution is 2.30. The van der Waals surface area contributed by atoms with Gasteiger partial charge in [0.2, 0.25) is 30.7 Å². The molecule has 0 bridgehead atoms. The first-order valence-corrected chi connectivity index (χ1v) is 15.1. The summed E-state index contributed by atoms with van der Waals surface area (Å²) < 4.78 is 33.1. The van der Waals surface area contributed by atoms with Crippen LogP contribution in [0.15, 0.2) is 18.3 Å². The Bertz CT molecular complexity index is 1280. The second-order valence-electron chi connectivity index (χ2n) is 10.5. The van der Waals surface area contributed by atoms with E-state index in [2.05, 4.69) is 30.2 Å². The highest BCUT2D eigenvalue weighted by Gasteiger charge is 2.26. The van der Waals surface area contributed by atoms with E-state index < -0.39 is 12.1 Å². The fourth-order valence-electron chi connectivity index (χ4n) is 4.89. The molecule has 2 saturated heterocycles. The van der Waals surface area contributed by atoms with Crippen LogP contribution in [-0.2, 0) is 19.1 Å². The molecule has 0 saturated carbocycles. The summed E-state index contributed by atoms with van der Waals surface area (Å²) in [5.74, 6) is 0.869. The SMILES string of the molecule is C/C=C/C(=O)CCC.Nc1ncc(-c2nc(N3CCOCC3)nc(N(CCNC=O)CCC3CCN(C=O)C3)n2)c(C(F)F)n1. The van der Waals surface area contributed by atoms with Gasteiger partial charge in [0.15, 0.2) is 11.6 Å². The summed E-state index contributed by atoms with van der Waals surface area (Å²) in [5, 5.41) is 2.64. The molecule has 2 amide bonds. The smallest absolute Gasteiger partial charge is 0.281 e. The summed E-state index contributed by atoms with van der Waals surface area (Å²) in [6, 6.07) is 0. The maximum atomic E-state index is 13.8. The number of nitrogen functional groups attached to an aromatic ring is 1. The number of nitrogens with one attached hydrogen (secondary N) is 1. The Morgan fingerprint density at radius 1 is 1.18 bits per heavy atom. The number of nitrogens with zero attached hydrogens (tertiary/aromatic N) is 8. The van der Waals surface area contributed by atoms with Gasteiger partial charge in [0.1, 0.15) is 5.69 Å². The van der Waals surface area contributed by atoms with Crippen molar-refractivity contribution in [2.24, 2.45) is 5.92 Å².